The quantitative estimate of drug-likeness (QED) is 0.709. The Labute approximate surface area is 179 Å². The van der Waals surface area contributed by atoms with Crippen molar-refractivity contribution in [3.8, 4) is 0 Å². The lowest BCUT2D eigenvalue weighted by molar-refractivity contribution is 0.0516. The van der Waals surface area contributed by atoms with E-state index in [-0.39, 0.29) is 11.8 Å². The first-order chi connectivity index (χ1) is 13.6. The molecule has 1 aromatic carbocycles. The predicted molar refractivity (Wildman–Crippen MR) is 115 cm³/mol. The molecule has 29 heavy (non-hydrogen) atoms. The Morgan fingerprint density at radius 2 is 2.10 bits per heavy atom. The monoisotopic (exact) mass is 462 g/mol. The topological polar surface area (TPSA) is 85.3 Å². The van der Waals surface area contributed by atoms with Crippen LogP contribution in [0.5, 0.6) is 0 Å². The summed E-state index contributed by atoms with van der Waals surface area (Å²) in [4.78, 5) is 24.8. The summed E-state index contributed by atoms with van der Waals surface area (Å²) in [5, 5.41) is 10.2. The van der Waals surface area contributed by atoms with Crippen LogP contribution < -0.4 is 10.6 Å². The van der Waals surface area contributed by atoms with Crippen LogP contribution in [-0.2, 0) is 17.7 Å². The van der Waals surface area contributed by atoms with E-state index in [0.717, 1.165) is 34.4 Å². The Hall–Kier alpha value is -2.35. The molecule has 1 aromatic heterocycles. The first-order valence-corrected chi connectivity index (χ1v) is 10.5. The number of carbonyl (C=O) groups is 2. The number of aryl methyl sites for hydroxylation is 2. The summed E-state index contributed by atoms with van der Waals surface area (Å²) in [6, 6.07) is 5.78. The van der Waals surface area contributed by atoms with Gasteiger partial charge in [-0.05, 0) is 64.2 Å². The summed E-state index contributed by atoms with van der Waals surface area (Å²) in [5.74, 6) is 0.0547. The van der Waals surface area contributed by atoms with Crippen LogP contribution in [0.2, 0.25) is 0 Å². The zero-order valence-corrected chi connectivity index (χ0v) is 18.8. The number of fused-ring (bicyclic) bond motifs is 1. The average molecular weight is 463 g/mol. The summed E-state index contributed by atoms with van der Waals surface area (Å²) in [6.45, 7) is 8.69. The number of carbonyl (C=O) groups excluding carboxylic acids is 2. The van der Waals surface area contributed by atoms with E-state index in [9.17, 15) is 9.59 Å². The first kappa shape index (κ1) is 21.4. The van der Waals surface area contributed by atoms with Gasteiger partial charge in [-0.25, -0.2) is 4.79 Å². The van der Waals surface area contributed by atoms with Gasteiger partial charge in [0.1, 0.15) is 5.60 Å². The van der Waals surface area contributed by atoms with Crippen LogP contribution in [0.1, 0.15) is 48.8 Å². The Balaban J connectivity index is 1.65. The highest BCUT2D eigenvalue weighted by Gasteiger charge is 2.26. The van der Waals surface area contributed by atoms with Gasteiger partial charge in [-0.1, -0.05) is 22.0 Å². The third-order valence-corrected chi connectivity index (χ3v) is 5.30. The van der Waals surface area contributed by atoms with E-state index >= 15 is 0 Å². The van der Waals surface area contributed by atoms with E-state index in [4.69, 9.17) is 4.74 Å². The largest absolute Gasteiger partial charge is 0.444 e. The number of hydrogen-bond donors (Lipinski definition) is 2. The van der Waals surface area contributed by atoms with Crippen molar-refractivity contribution < 1.29 is 14.3 Å². The number of nitrogens with zero attached hydrogens (tertiary/aromatic N) is 2. The number of nitrogens with one attached hydrogen (secondary N) is 2. The van der Waals surface area contributed by atoms with Gasteiger partial charge in [0.25, 0.3) is 5.91 Å². The Bertz CT molecular complexity index is 917. The molecule has 0 spiro atoms. The maximum atomic E-state index is 12.9. The SMILES string of the molecule is Cc1ccc(Br)cc1NC(=O)c1cnn2c1CC(CNC(=O)OC(C)(C)C)CC2. The number of amides is 2. The van der Waals surface area contributed by atoms with Gasteiger partial charge in [0.2, 0.25) is 0 Å². The number of anilines is 1. The fraction of sp³-hybridized carbons (Fsp3) is 0.476. The third-order valence-electron chi connectivity index (χ3n) is 4.81. The van der Waals surface area contributed by atoms with Crippen LogP contribution in [0.3, 0.4) is 0 Å². The van der Waals surface area contributed by atoms with Gasteiger partial charge in [-0.2, -0.15) is 5.10 Å². The highest BCUT2D eigenvalue weighted by atomic mass is 79.9. The zero-order chi connectivity index (χ0) is 21.2. The second kappa shape index (κ2) is 8.57. The van der Waals surface area contributed by atoms with Crippen LogP contribution >= 0.6 is 15.9 Å². The van der Waals surface area contributed by atoms with Crippen LogP contribution in [0, 0.1) is 12.8 Å². The molecule has 0 fully saturated rings. The molecule has 0 radical (unpaired) electrons. The molecule has 2 aromatic rings. The van der Waals surface area contributed by atoms with Gasteiger partial charge >= 0.3 is 6.09 Å². The number of halogens is 1. The average Bonchev–Trinajstić information content (AvgIpc) is 3.05. The first-order valence-electron chi connectivity index (χ1n) is 9.71. The van der Waals surface area contributed by atoms with Crippen LogP contribution in [0.15, 0.2) is 28.9 Å². The minimum atomic E-state index is -0.523. The molecular weight excluding hydrogens is 436 g/mol. The molecule has 1 unspecified atom stereocenters. The van der Waals surface area contributed by atoms with Crippen molar-refractivity contribution in [2.75, 3.05) is 11.9 Å². The van der Waals surface area contributed by atoms with E-state index in [2.05, 4.69) is 31.7 Å². The standard InChI is InChI=1S/C21H27BrN4O3/c1-13-5-6-15(22)10-17(13)25-19(27)16-12-24-26-8-7-14(9-18(16)26)11-23-20(28)29-21(2,3)4/h5-6,10,12,14H,7-9,11H2,1-4H3,(H,23,28)(H,25,27). The number of rotatable bonds is 4. The number of benzene rings is 1. The highest BCUT2D eigenvalue weighted by molar-refractivity contribution is 9.10. The van der Waals surface area contributed by atoms with Crippen molar-refractivity contribution in [2.24, 2.45) is 5.92 Å². The van der Waals surface area contributed by atoms with Crippen molar-refractivity contribution in [2.45, 2.75) is 52.7 Å². The molecule has 1 atom stereocenters. The number of hydrogen-bond acceptors (Lipinski definition) is 4. The van der Waals surface area contributed by atoms with Crippen LogP contribution in [0.25, 0.3) is 0 Å². The number of alkyl carbamates (subject to hydrolysis) is 1. The third kappa shape index (κ3) is 5.59. The number of aromatic nitrogens is 2. The molecule has 3 rings (SSSR count). The predicted octanol–water partition coefficient (Wildman–Crippen LogP) is 4.29. The molecule has 0 bridgehead atoms. The molecule has 0 saturated heterocycles. The number of ether oxygens (including phenoxy) is 1. The second-order valence-electron chi connectivity index (χ2n) is 8.38. The fourth-order valence-electron chi connectivity index (χ4n) is 3.32. The molecule has 2 amide bonds. The van der Waals surface area contributed by atoms with E-state index in [1.807, 2.05) is 50.6 Å². The lowest BCUT2D eigenvalue weighted by Gasteiger charge is -2.25. The van der Waals surface area contributed by atoms with Crippen molar-refractivity contribution in [3.05, 3.63) is 45.7 Å². The van der Waals surface area contributed by atoms with E-state index in [0.29, 0.717) is 18.5 Å². The van der Waals surface area contributed by atoms with Gasteiger partial charge < -0.3 is 15.4 Å². The van der Waals surface area contributed by atoms with Gasteiger partial charge in [0.05, 0.1) is 17.5 Å². The van der Waals surface area contributed by atoms with Crippen molar-refractivity contribution >= 4 is 33.6 Å². The smallest absolute Gasteiger partial charge is 0.407 e. The van der Waals surface area contributed by atoms with Crippen LogP contribution in [0.4, 0.5) is 10.5 Å². The van der Waals surface area contributed by atoms with E-state index in [1.54, 1.807) is 6.20 Å². The molecule has 1 aliphatic rings. The Morgan fingerprint density at radius 1 is 1.34 bits per heavy atom. The van der Waals surface area contributed by atoms with E-state index in [1.165, 1.54) is 0 Å². The summed E-state index contributed by atoms with van der Waals surface area (Å²) >= 11 is 3.44. The molecule has 156 valence electrons. The molecule has 0 saturated carbocycles. The van der Waals surface area contributed by atoms with E-state index < -0.39 is 11.7 Å². The lowest BCUT2D eigenvalue weighted by atomic mass is 9.94. The molecule has 0 aliphatic carbocycles. The van der Waals surface area contributed by atoms with Crippen molar-refractivity contribution in [1.82, 2.24) is 15.1 Å². The fourth-order valence-corrected chi connectivity index (χ4v) is 3.68. The van der Waals surface area contributed by atoms with Gasteiger partial charge in [-0.15, -0.1) is 0 Å². The van der Waals surface area contributed by atoms with Gasteiger partial charge in [-0.3, -0.25) is 9.48 Å². The summed E-state index contributed by atoms with van der Waals surface area (Å²) in [5.41, 5.74) is 2.71. The minimum Gasteiger partial charge on any atom is -0.444 e. The second-order valence-corrected chi connectivity index (χ2v) is 9.30. The summed E-state index contributed by atoms with van der Waals surface area (Å²) in [6.07, 6.45) is 2.77. The van der Waals surface area contributed by atoms with Crippen molar-refractivity contribution in [3.63, 3.8) is 0 Å². The Kier molecular flexibility index (Phi) is 6.31. The highest BCUT2D eigenvalue weighted by Crippen LogP contribution is 2.25. The maximum Gasteiger partial charge on any atom is 0.407 e. The molecule has 1 aliphatic heterocycles. The normalized spacial score (nSPS) is 16.1. The summed E-state index contributed by atoms with van der Waals surface area (Å²) in [7, 11) is 0. The van der Waals surface area contributed by atoms with Gasteiger partial charge in [0, 0.05) is 23.2 Å². The molecule has 7 nitrogen and oxygen atoms in total. The lowest BCUT2D eigenvalue weighted by Crippen LogP contribution is -2.37. The minimum absolute atomic E-state index is 0.173. The zero-order valence-electron chi connectivity index (χ0n) is 17.2. The Morgan fingerprint density at radius 3 is 2.83 bits per heavy atom. The van der Waals surface area contributed by atoms with Crippen LogP contribution in [-0.4, -0.2) is 33.9 Å². The maximum absolute atomic E-state index is 12.9. The molecular formula is C21H27BrN4O3. The molecule has 2 N–H and O–H groups in total. The van der Waals surface area contributed by atoms with Crippen molar-refractivity contribution in [1.29, 1.82) is 0 Å². The molecule has 2 heterocycles. The summed E-state index contributed by atoms with van der Waals surface area (Å²) < 4.78 is 8.08. The van der Waals surface area contributed by atoms with Gasteiger partial charge in [0.15, 0.2) is 0 Å². The molecule has 8 heteroatoms.